The molecule has 0 aromatic carbocycles. The lowest BCUT2D eigenvalue weighted by Gasteiger charge is -2.40. The number of rotatable bonds is 4. The standard InChI is InChI=1S/C7H14N4O7/c12-2-9-4(14)10(3-13)7(18)1-8-5(15)11(7)6(16)17/h6,12-13,16-18H,1-3H2,(H,8,15)(H,9,14). The van der Waals surface area contributed by atoms with Gasteiger partial charge in [0.25, 0.3) is 0 Å². The molecule has 104 valence electrons. The van der Waals surface area contributed by atoms with Crippen LogP contribution in [0.2, 0.25) is 0 Å². The zero-order chi connectivity index (χ0) is 13.9. The molecular weight excluding hydrogens is 252 g/mol. The van der Waals surface area contributed by atoms with Crippen molar-refractivity contribution in [3.05, 3.63) is 0 Å². The van der Waals surface area contributed by atoms with Gasteiger partial charge in [0, 0.05) is 0 Å². The molecule has 11 heteroatoms. The number of hydrogen-bond donors (Lipinski definition) is 7. The Labute approximate surface area is 101 Å². The fourth-order valence-corrected chi connectivity index (χ4v) is 1.55. The number of aliphatic hydroxyl groups excluding tert-OH is 3. The van der Waals surface area contributed by atoms with Crippen molar-refractivity contribution >= 4 is 12.1 Å². The van der Waals surface area contributed by atoms with Crippen molar-refractivity contribution in [1.29, 1.82) is 0 Å². The van der Waals surface area contributed by atoms with Crippen LogP contribution < -0.4 is 10.6 Å². The molecular formula is C7H14N4O7. The molecule has 1 fully saturated rings. The van der Waals surface area contributed by atoms with E-state index in [0.717, 1.165) is 0 Å². The molecule has 0 spiro atoms. The van der Waals surface area contributed by atoms with E-state index in [1.54, 1.807) is 0 Å². The maximum absolute atomic E-state index is 11.4. The average Bonchev–Trinajstić information content (AvgIpc) is 2.56. The van der Waals surface area contributed by atoms with Gasteiger partial charge in [0.05, 0.1) is 6.54 Å². The van der Waals surface area contributed by atoms with Gasteiger partial charge in [0.2, 0.25) is 12.3 Å². The predicted octanol–water partition coefficient (Wildman–Crippen LogP) is -4.16. The minimum atomic E-state index is -2.47. The Kier molecular flexibility index (Phi) is 4.26. The normalized spacial score (nSPS) is 23.2. The number of carbonyl (C=O) groups is 2. The molecule has 0 bridgehead atoms. The van der Waals surface area contributed by atoms with Crippen molar-refractivity contribution in [1.82, 2.24) is 20.4 Å². The number of carbonyl (C=O) groups excluding carboxylic acids is 2. The summed E-state index contributed by atoms with van der Waals surface area (Å²) in [6.45, 7) is -2.35. The van der Waals surface area contributed by atoms with Crippen molar-refractivity contribution in [2.45, 2.75) is 12.3 Å². The Hall–Kier alpha value is -1.66. The summed E-state index contributed by atoms with van der Waals surface area (Å²) >= 11 is 0. The summed E-state index contributed by atoms with van der Waals surface area (Å²) < 4.78 is 0. The molecule has 1 aliphatic rings. The lowest BCUT2D eigenvalue weighted by Crippen LogP contribution is -2.66. The fourth-order valence-electron chi connectivity index (χ4n) is 1.55. The summed E-state index contributed by atoms with van der Waals surface area (Å²) in [5.41, 5.74) is 0. The highest BCUT2D eigenvalue weighted by atomic mass is 16.5. The van der Waals surface area contributed by atoms with Gasteiger partial charge in [-0.2, -0.15) is 0 Å². The Morgan fingerprint density at radius 2 is 2.17 bits per heavy atom. The zero-order valence-corrected chi connectivity index (χ0v) is 9.15. The summed E-state index contributed by atoms with van der Waals surface area (Å²) in [6.07, 6.45) is -2.38. The van der Waals surface area contributed by atoms with Gasteiger partial charge in [-0.3, -0.25) is 4.90 Å². The van der Waals surface area contributed by atoms with Gasteiger partial charge in [-0.1, -0.05) is 0 Å². The second-order valence-electron chi connectivity index (χ2n) is 3.36. The topological polar surface area (TPSA) is 166 Å². The van der Waals surface area contributed by atoms with Crippen LogP contribution >= 0.6 is 0 Å². The third-order valence-corrected chi connectivity index (χ3v) is 2.36. The van der Waals surface area contributed by atoms with Crippen LogP contribution in [0.25, 0.3) is 0 Å². The third-order valence-electron chi connectivity index (χ3n) is 2.36. The van der Waals surface area contributed by atoms with E-state index in [9.17, 15) is 14.7 Å². The summed E-state index contributed by atoms with van der Waals surface area (Å²) in [5.74, 6) is -2.47. The first kappa shape index (κ1) is 14.4. The molecule has 0 aromatic rings. The largest absolute Gasteiger partial charge is 0.376 e. The number of β-amino-alcohol motifs (C(OH)–C–C–N with tert-alkyl or cyclic N) is 1. The van der Waals surface area contributed by atoms with E-state index in [2.05, 4.69) is 5.32 Å². The number of nitrogens with one attached hydrogen (secondary N) is 2. The maximum Gasteiger partial charge on any atom is 0.325 e. The highest BCUT2D eigenvalue weighted by molar-refractivity contribution is 5.80. The Balaban J connectivity index is 3.01. The van der Waals surface area contributed by atoms with Crippen LogP contribution in [0.1, 0.15) is 0 Å². The van der Waals surface area contributed by atoms with Gasteiger partial charge >= 0.3 is 12.1 Å². The van der Waals surface area contributed by atoms with Crippen molar-refractivity contribution in [2.75, 3.05) is 20.0 Å². The van der Waals surface area contributed by atoms with Gasteiger partial charge in [-0.25, -0.2) is 14.5 Å². The Bertz CT molecular complexity index is 338. The van der Waals surface area contributed by atoms with Gasteiger partial charge in [0.1, 0.15) is 13.5 Å². The molecule has 0 aromatic heterocycles. The molecule has 1 unspecified atom stereocenters. The van der Waals surface area contributed by atoms with Crippen molar-refractivity contribution < 1.29 is 35.1 Å². The smallest absolute Gasteiger partial charge is 0.325 e. The summed E-state index contributed by atoms with van der Waals surface area (Å²) in [4.78, 5) is 23.2. The average molecular weight is 266 g/mol. The molecule has 0 aliphatic carbocycles. The van der Waals surface area contributed by atoms with Crippen LogP contribution in [0.4, 0.5) is 9.59 Å². The number of aliphatic hydroxyl groups is 5. The summed E-state index contributed by atoms with van der Waals surface area (Å²) in [6, 6.07) is -2.15. The Morgan fingerprint density at radius 3 is 2.61 bits per heavy atom. The number of hydrogen-bond acceptors (Lipinski definition) is 7. The molecule has 1 saturated heterocycles. The van der Waals surface area contributed by atoms with E-state index in [-0.39, 0.29) is 4.90 Å². The van der Waals surface area contributed by atoms with E-state index in [1.165, 1.54) is 0 Å². The first-order valence-electron chi connectivity index (χ1n) is 4.81. The van der Waals surface area contributed by atoms with Crippen LogP contribution in [-0.4, -0.2) is 79.7 Å². The fraction of sp³-hybridized carbons (Fsp3) is 0.714. The van der Waals surface area contributed by atoms with Crippen molar-refractivity contribution in [3.8, 4) is 0 Å². The Morgan fingerprint density at radius 1 is 1.56 bits per heavy atom. The molecule has 11 nitrogen and oxygen atoms in total. The maximum atomic E-state index is 11.4. The molecule has 4 amide bonds. The monoisotopic (exact) mass is 266 g/mol. The number of urea groups is 2. The van der Waals surface area contributed by atoms with Crippen LogP contribution in [0, 0.1) is 0 Å². The lowest BCUT2D eigenvalue weighted by molar-refractivity contribution is -0.257. The molecule has 1 rings (SSSR count). The van der Waals surface area contributed by atoms with Crippen molar-refractivity contribution in [2.24, 2.45) is 0 Å². The minimum absolute atomic E-state index is 0.153. The second-order valence-corrected chi connectivity index (χ2v) is 3.36. The van der Waals surface area contributed by atoms with Gasteiger partial charge in [-0.15, -0.1) is 0 Å². The van der Waals surface area contributed by atoms with Crippen LogP contribution in [0.5, 0.6) is 0 Å². The van der Waals surface area contributed by atoms with E-state index in [1.807, 2.05) is 5.32 Å². The highest BCUT2D eigenvalue weighted by Gasteiger charge is 2.53. The van der Waals surface area contributed by atoms with Crippen LogP contribution in [0.15, 0.2) is 0 Å². The molecule has 0 saturated carbocycles. The first-order valence-corrected chi connectivity index (χ1v) is 4.81. The molecule has 7 N–H and O–H groups in total. The first-order chi connectivity index (χ1) is 8.38. The third kappa shape index (κ3) is 2.30. The highest BCUT2D eigenvalue weighted by Crippen LogP contribution is 2.23. The van der Waals surface area contributed by atoms with Gasteiger partial charge < -0.3 is 36.2 Å². The summed E-state index contributed by atoms with van der Waals surface area (Å²) in [7, 11) is 0. The van der Waals surface area contributed by atoms with E-state index >= 15 is 0 Å². The molecule has 18 heavy (non-hydrogen) atoms. The lowest BCUT2D eigenvalue weighted by atomic mass is 10.3. The van der Waals surface area contributed by atoms with Gasteiger partial charge in [-0.05, 0) is 0 Å². The van der Waals surface area contributed by atoms with E-state index < -0.39 is 44.3 Å². The van der Waals surface area contributed by atoms with Crippen LogP contribution in [-0.2, 0) is 0 Å². The van der Waals surface area contributed by atoms with Gasteiger partial charge in [0.15, 0.2) is 0 Å². The number of amides is 4. The summed E-state index contributed by atoms with van der Waals surface area (Å²) in [5, 5.41) is 49.6. The molecule has 1 atom stereocenters. The molecule has 1 aliphatic heterocycles. The molecule has 1 heterocycles. The van der Waals surface area contributed by atoms with Crippen molar-refractivity contribution in [3.63, 3.8) is 0 Å². The van der Waals surface area contributed by atoms with Crippen LogP contribution in [0.3, 0.4) is 0 Å². The SMILES string of the molecule is O=C(NCO)N(CO)C1(O)CNC(=O)N1C(O)O. The zero-order valence-electron chi connectivity index (χ0n) is 9.15. The predicted molar refractivity (Wildman–Crippen MR) is 53.0 cm³/mol. The van der Waals surface area contributed by atoms with E-state index in [0.29, 0.717) is 4.90 Å². The number of nitrogens with zero attached hydrogens (tertiary/aromatic N) is 2. The second kappa shape index (κ2) is 5.32. The molecule has 0 radical (unpaired) electrons. The quantitative estimate of drug-likeness (QED) is 0.253. The minimum Gasteiger partial charge on any atom is -0.376 e. The van der Waals surface area contributed by atoms with E-state index in [4.69, 9.17) is 20.4 Å².